The summed E-state index contributed by atoms with van der Waals surface area (Å²) in [5.41, 5.74) is 0. The predicted molar refractivity (Wildman–Crippen MR) is 47.2 cm³/mol. The van der Waals surface area contributed by atoms with E-state index in [-0.39, 0.29) is 0 Å². The van der Waals surface area contributed by atoms with E-state index in [1.807, 2.05) is 10.7 Å². The van der Waals surface area contributed by atoms with Crippen molar-refractivity contribution in [2.45, 2.75) is 0 Å². The van der Waals surface area contributed by atoms with Crippen LogP contribution in [0.25, 0.3) is 0 Å². The average molecular weight is 172 g/mol. The molecule has 0 atom stereocenters. The molecule has 4 nitrogen and oxygen atoms in total. The number of piperazine rings is 1. The van der Waals surface area contributed by atoms with Crippen LogP contribution in [0.2, 0.25) is 0 Å². The third-order valence-electron chi connectivity index (χ3n) is 1.78. The van der Waals surface area contributed by atoms with Gasteiger partial charge in [0.1, 0.15) is 0 Å². The van der Waals surface area contributed by atoms with Crippen molar-refractivity contribution >= 4 is 18.2 Å². The van der Waals surface area contributed by atoms with E-state index < -0.39 is 0 Å². The fraction of sp³-hybridized carbons (Fsp3) is 0.833. The highest BCUT2D eigenvalue weighted by Gasteiger charge is 2.18. The average Bonchev–Trinajstić information content (AvgIpc) is 2.58. The quantitative estimate of drug-likeness (QED) is 0.553. The standard InChI is InChI=1S/C6H12N4S/c1-4-9(5-2-7-1)10-8-3-6-11-10/h3,7H,1-2,4-6H2. The Balaban J connectivity index is 1.87. The minimum Gasteiger partial charge on any atom is -0.314 e. The first kappa shape index (κ1) is 7.39. The number of nitrogens with zero attached hydrogens (tertiary/aromatic N) is 3. The number of rotatable bonds is 1. The van der Waals surface area contributed by atoms with Gasteiger partial charge in [-0.3, -0.25) is 0 Å². The molecule has 0 aromatic heterocycles. The molecule has 11 heavy (non-hydrogen) atoms. The van der Waals surface area contributed by atoms with E-state index in [1.165, 1.54) is 0 Å². The zero-order valence-corrected chi connectivity index (χ0v) is 7.18. The Morgan fingerprint density at radius 2 is 2.18 bits per heavy atom. The molecule has 0 radical (unpaired) electrons. The van der Waals surface area contributed by atoms with Gasteiger partial charge >= 0.3 is 0 Å². The third kappa shape index (κ3) is 1.66. The smallest absolute Gasteiger partial charge is 0.0539 e. The van der Waals surface area contributed by atoms with Gasteiger partial charge in [0.15, 0.2) is 0 Å². The van der Waals surface area contributed by atoms with Crippen molar-refractivity contribution < 1.29 is 0 Å². The molecule has 0 aromatic carbocycles. The molecule has 1 fully saturated rings. The molecule has 0 amide bonds. The maximum Gasteiger partial charge on any atom is 0.0539 e. The summed E-state index contributed by atoms with van der Waals surface area (Å²) in [6, 6.07) is 0. The normalized spacial score (nSPS) is 26.4. The lowest BCUT2D eigenvalue weighted by Crippen LogP contribution is -2.47. The van der Waals surface area contributed by atoms with Gasteiger partial charge in [0.2, 0.25) is 0 Å². The molecule has 0 spiro atoms. The summed E-state index contributed by atoms with van der Waals surface area (Å²) in [6.07, 6.45) is 1.95. The molecule has 0 aromatic rings. The molecular weight excluding hydrogens is 160 g/mol. The van der Waals surface area contributed by atoms with E-state index in [0.717, 1.165) is 31.9 Å². The number of hydrazone groups is 1. The van der Waals surface area contributed by atoms with E-state index in [9.17, 15) is 0 Å². The molecule has 1 saturated heterocycles. The van der Waals surface area contributed by atoms with Gasteiger partial charge < -0.3 is 5.32 Å². The lowest BCUT2D eigenvalue weighted by Gasteiger charge is -2.31. The van der Waals surface area contributed by atoms with Crippen LogP contribution in [-0.4, -0.2) is 47.7 Å². The highest BCUT2D eigenvalue weighted by molar-refractivity contribution is 7.97. The monoisotopic (exact) mass is 172 g/mol. The first-order valence-electron chi connectivity index (χ1n) is 3.88. The van der Waals surface area contributed by atoms with Crippen LogP contribution in [0.3, 0.4) is 0 Å². The van der Waals surface area contributed by atoms with Gasteiger partial charge in [-0.15, -0.1) is 0 Å². The van der Waals surface area contributed by atoms with Crippen LogP contribution in [-0.2, 0) is 0 Å². The first-order valence-corrected chi connectivity index (χ1v) is 4.82. The topological polar surface area (TPSA) is 30.9 Å². The summed E-state index contributed by atoms with van der Waals surface area (Å²) in [7, 11) is 0. The third-order valence-corrected chi connectivity index (χ3v) is 2.63. The second-order valence-electron chi connectivity index (χ2n) is 2.55. The van der Waals surface area contributed by atoms with E-state index in [2.05, 4.69) is 15.4 Å². The lowest BCUT2D eigenvalue weighted by atomic mass is 10.4. The van der Waals surface area contributed by atoms with Crippen LogP contribution in [0, 0.1) is 0 Å². The van der Waals surface area contributed by atoms with Gasteiger partial charge in [0.25, 0.3) is 0 Å². The molecule has 2 heterocycles. The van der Waals surface area contributed by atoms with Crippen molar-refractivity contribution in [3.63, 3.8) is 0 Å². The van der Waals surface area contributed by atoms with Gasteiger partial charge in [0.05, 0.1) is 5.75 Å². The minimum atomic E-state index is 1.02. The molecule has 62 valence electrons. The zero-order valence-electron chi connectivity index (χ0n) is 6.36. The number of hydrogen-bond acceptors (Lipinski definition) is 5. The van der Waals surface area contributed by atoms with Crippen molar-refractivity contribution in [1.82, 2.24) is 14.8 Å². The summed E-state index contributed by atoms with van der Waals surface area (Å²) in [4.78, 5) is 0. The molecule has 0 unspecified atom stereocenters. The van der Waals surface area contributed by atoms with Gasteiger partial charge in [-0.05, 0) is 11.9 Å². The Morgan fingerprint density at radius 1 is 1.36 bits per heavy atom. The number of hydrogen-bond donors (Lipinski definition) is 1. The number of hydrazine groups is 1. The number of nitrogens with one attached hydrogen (secondary N) is 1. The van der Waals surface area contributed by atoms with Crippen molar-refractivity contribution in [2.24, 2.45) is 5.10 Å². The van der Waals surface area contributed by atoms with Crippen LogP contribution in [0.5, 0.6) is 0 Å². The zero-order chi connectivity index (χ0) is 7.52. The molecule has 2 aliphatic heterocycles. The molecule has 0 saturated carbocycles. The largest absolute Gasteiger partial charge is 0.314 e. The van der Waals surface area contributed by atoms with Crippen LogP contribution in [0.1, 0.15) is 0 Å². The van der Waals surface area contributed by atoms with Crippen LogP contribution in [0.4, 0.5) is 0 Å². The maximum atomic E-state index is 4.23. The minimum absolute atomic E-state index is 1.02. The fourth-order valence-electron chi connectivity index (χ4n) is 1.22. The van der Waals surface area contributed by atoms with Crippen molar-refractivity contribution in [3.05, 3.63) is 0 Å². The Morgan fingerprint density at radius 3 is 2.82 bits per heavy atom. The second-order valence-corrected chi connectivity index (χ2v) is 3.47. The molecule has 5 heteroatoms. The first-order chi connectivity index (χ1) is 5.47. The molecule has 2 rings (SSSR count). The molecule has 0 aliphatic carbocycles. The SMILES string of the molecule is C1=NN(N2CCNCC2)SC1. The van der Waals surface area contributed by atoms with Crippen LogP contribution in [0.15, 0.2) is 5.10 Å². The summed E-state index contributed by atoms with van der Waals surface area (Å²) >= 11 is 1.76. The molecular formula is C6H12N4S. The molecule has 2 aliphatic rings. The highest BCUT2D eigenvalue weighted by Crippen LogP contribution is 2.17. The van der Waals surface area contributed by atoms with Crippen molar-refractivity contribution in [2.75, 3.05) is 31.9 Å². The van der Waals surface area contributed by atoms with Gasteiger partial charge in [-0.2, -0.15) is 14.6 Å². The van der Waals surface area contributed by atoms with E-state index in [4.69, 9.17) is 0 Å². The van der Waals surface area contributed by atoms with Crippen LogP contribution < -0.4 is 5.32 Å². The second kappa shape index (κ2) is 3.42. The van der Waals surface area contributed by atoms with Gasteiger partial charge in [-0.25, -0.2) is 0 Å². The Bertz CT molecular complexity index is 155. The van der Waals surface area contributed by atoms with E-state index >= 15 is 0 Å². The Labute approximate surface area is 70.7 Å². The summed E-state index contributed by atoms with van der Waals surface area (Å²) < 4.78 is 2.00. The van der Waals surface area contributed by atoms with Crippen molar-refractivity contribution in [1.29, 1.82) is 0 Å². The summed E-state index contributed by atoms with van der Waals surface area (Å²) in [5.74, 6) is 1.02. The summed E-state index contributed by atoms with van der Waals surface area (Å²) in [6.45, 7) is 4.30. The Hall–Kier alpha value is -0.260. The highest BCUT2D eigenvalue weighted by atomic mass is 32.2. The van der Waals surface area contributed by atoms with Crippen molar-refractivity contribution in [3.8, 4) is 0 Å². The van der Waals surface area contributed by atoms with Gasteiger partial charge in [-0.1, -0.05) is 0 Å². The molecule has 1 N–H and O–H groups in total. The molecule has 0 bridgehead atoms. The lowest BCUT2D eigenvalue weighted by molar-refractivity contribution is 0.0629. The van der Waals surface area contributed by atoms with Crippen LogP contribution >= 0.6 is 11.9 Å². The van der Waals surface area contributed by atoms with E-state index in [1.54, 1.807) is 11.9 Å². The maximum absolute atomic E-state index is 4.23. The van der Waals surface area contributed by atoms with E-state index in [0.29, 0.717) is 0 Å². The predicted octanol–water partition coefficient (Wildman–Crippen LogP) is -0.244. The summed E-state index contributed by atoms with van der Waals surface area (Å²) in [5, 5.41) is 9.81. The fourth-order valence-corrected chi connectivity index (χ4v) is 1.94. The van der Waals surface area contributed by atoms with Gasteiger partial charge in [0, 0.05) is 32.4 Å². The Kier molecular flexibility index (Phi) is 2.30.